The number of nitrogens with zero attached hydrogens (tertiary/aromatic N) is 1. The number of hydrogen-bond acceptors (Lipinski definition) is 27. The summed E-state index contributed by atoms with van der Waals surface area (Å²) in [6, 6.07) is 35.4. The number of benzene rings is 6. The third kappa shape index (κ3) is 34.0. The molecule has 2 saturated carbocycles. The molecule has 0 spiro atoms. The van der Waals surface area contributed by atoms with Crippen LogP contribution in [0.15, 0.2) is 176 Å². The zero-order chi connectivity index (χ0) is 88.7. The molecule has 0 amide bonds. The van der Waals surface area contributed by atoms with E-state index in [4.69, 9.17) is 71.0 Å². The number of carbonyl (C=O) groups is 10. The van der Waals surface area contributed by atoms with Crippen LogP contribution < -0.4 is 37.9 Å². The Labute approximate surface area is 717 Å². The van der Waals surface area contributed by atoms with Crippen LogP contribution in [0.25, 0.3) is 32.0 Å². The lowest BCUT2D eigenvalue weighted by Gasteiger charge is -2.25. The Kier molecular flexibility index (Phi) is 43.6. The number of unbranched alkanes of at least 4 members (excludes halogenated alkanes) is 7. The first-order valence-corrected chi connectivity index (χ1v) is 41.4. The Hall–Kier alpha value is -12.4. The van der Waals surface area contributed by atoms with Gasteiger partial charge in [0.1, 0.15) is 61.9 Å². The van der Waals surface area contributed by atoms with Crippen molar-refractivity contribution in [2.24, 2.45) is 23.7 Å². The van der Waals surface area contributed by atoms with Crippen LogP contribution in [0, 0.1) is 44.4 Å². The Bertz CT molecular complexity index is 4630. The van der Waals surface area contributed by atoms with Crippen molar-refractivity contribution in [3.8, 4) is 56.8 Å². The van der Waals surface area contributed by atoms with Gasteiger partial charge in [-0.3, -0.25) is 19.2 Å². The Balaban J connectivity index is 0.000000254. The molecule has 8 aromatic rings. The number of fused-ring (bicyclic) bond motifs is 2. The number of aryl methyl sites for hydroxylation is 2. The first kappa shape index (κ1) is 98.4. The SMILES string of the molecule is C=CC(=O)OCCCCCCOC(=O)c1ccc(OC)cc1.C=CC(=O)OCCCCCCOc1ccc(OC)cc1.C=CC(=O)OCCCCOc1ccc(OC)cc1.C=CC(=O)OCOC(=O)c1ccc(OC)cc1.CC(=O)C1CCC(C(=O)Oc2ccc(OC(=O)C3CCC(C(C)=O)CC3)c3sc(-c4cc5c(C)c(C)c(C)cc5o4)nc23)CC1. The van der Waals surface area contributed by atoms with Gasteiger partial charge in [0, 0.05) is 41.5 Å². The minimum Gasteiger partial charge on any atom is -0.497 e. The summed E-state index contributed by atoms with van der Waals surface area (Å²) in [6.07, 6.45) is 18.6. The largest absolute Gasteiger partial charge is 0.497 e. The smallest absolute Gasteiger partial charge is 0.341 e. The number of carbonyl (C=O) groups excluding carboxylic acids is 10. The Morgan fingerprint density at radius 2 is 0.746 bits per heavy atom. The molecule has 26 nitrogen and oxygen atoms in total. The average Bonchev–Trinajstić information content (AvgIpc) is 1.61. The van der Waals surface area contributed by atoms with E-state index in [1.165, 1.54) is 30.1 Å². The van der Waals surface area contributed by atoms with Gasteiger partial charge in [-0.1, -0.05) is 26.3 Å². The highest BCUT2D eigenvalue weighted by Crippen LogP contribution is 2.44. The second-order valence-electron chi connectivity index (χ2n) is 28.4. The third-order valence-electron chi connectivity index (χ3n) is 20.0. The van der Waals surface area contributed by atoms with Gasteiger partial charge < -0.3 is 70.7 Å². The van der Waals surface area contributed by atoms with Crippen LogP contribution in [-0.4, -0.2) is 139 Å². The van der Waals surface area contributed by atoms with Crippen molar-refractivity contribution in [2.75, 3.05) is 74.9 Å². The molecule has 0 bridgehead atoms. The zero-order valence-corrected chi connectivity index (χ0v) is 72.1. The quantitative estimate of drug-likeness (QED) is 0.00860. The first-order valence-electron chi connectivity index (χ1n) is 40.6. The normalized spacial score (nSPS) is 14.2. The van der Waals surface area contributed by atoms with Crippen molar-refractivity contribution >= 4 is 91.8 Å². The van der Waals surface area contributed by atoms with Crippen molar-refractivity contribution in [1.82, 2.24) is 4.98 Å². The monoisotopic (exact) mass is 1700 g/mol. The molecule has 2 aromatic heterocycles. The number of hydrogen-bond donors (Lipinski definition) is 0. The molecule has 2 aliphatic carbocycles. The maximum absolute atomic E-state index is 13.3. The van der Waals surface area contributed by atoms with Crippen molar-refractivity contribution in [3.05, 3.63) is 200 Å². The molecule has 0 atom stereocenters. The number of aromatic nitrogens is 1. The van der Waals surface area contributed by atoms with Gasteiger partial charge in [-0.2, -0.15) is 0 Å². The maximum Gasteiger partial charge on any atom is 0.341 e. The highest BCUT2D eigenvalue weighted by molar-refractivity contribution is 7.22. The number of ketones is 2. The summed E-state index contributed by atoms with van der Waals surface area (Å²) in [7, 11) is 6.37. The van der Waals surface area contributed by atoms with E-state index in [9.17, 15) is 47.9 Å². The molecule has 6 aromatic carbocycles. The molecular weight excluding hydrogens is 1590 g/mol. The summed E-state index contributed by atoms with van der Waals surface area (Å²) in [4.78, 5) is 121. The van der Waals surface area contributed by atoms with Crippen LogP contribution >= 0.6 is 11.3 Å². The van der Waals surface area contributed by atoms with Crippen molar-refractivity contribution < 1.29 is 119 Å². The molecule has 0 radical (unpaired) electrons. The lowest BCUT2D eigenvalue weighted by atomic mass is 9.80. The Morgan fingerprint density at radius 1 is 0.402 bits per heavy atom. The summed E-state index contributed by atoms with van der Waals surface area (Å²) in [6.45, 7) is 25.1. The summed E-state index contributed by atoms with van der Waals surface area (Å²) in [5.74, 6) is 2.29. The summed E-state index contributed by atoms with van der Waals surface area (Å²) >= 11 is 1.32. The standard InChI is InChI=1S/C36H39NO7S.C17H22O5.C16H22O4.C14H18O4.C12H12O5/c1-18-16-30-27(20(3)19(18)2)17-31(42-30)34-37-32-28(43-35(40)25-10-6-23(7-11-25)21(4)38)14-15-29(33(32)45-34)44-36(41)26-12-8-24(9-13-26)22(5)39;1-3-16(18)21-12-6-4-5-7-13-22-17(19)14-8-10-15(20-2)11-9-14;1-3-16(17)20-13-7-5-4-6-12-19-15-10-8-14(18-2)9-11-15;1-3-14(15)18-11-5-4-10-17-13-8-6-12(16-2)7-9-13;1-3-11(13)16-8-17-12(14)9-4-6-10(15-2)7-5-9/h14-17,23-26H,6-13H2,1-5H3;3,8-11H,1,4-7,12-13H2,2H3;3,8-11H,1,4-7,12-13H2,2H3;3,6-9H,1,4-5,10-11H2,2H3;3-7H,1,8H2,2H3. The topological polar surface area (TPSA) is 326 Å². The Morgan fingerprint density at radius 3 is 1.16 bits per heavy atom. The second kappa shape index (κ2) is 54.0. The fourth-order valence-electron chi connectivity index (χ4n) is 12.5. The molecule has 0 aliphatic heterocycles. The number of furan rings is 1. The van der Waals surface area contributed by atoms with Gasteiger partial charge in [-0.25, -0.2) is 33.8 Å². The first-order chi connectivity index (χ1) is 58.8. The van der Waals surface area contributed by atoms with Gasteiger partial charge in [0.15, 0.2) is 22.3 Å². The minimum atomic E-state index is -0.646. The molecule has 122 heavy (non-hydrogen) atoms. The molecule has 2 heterocycles. The van der Waals surface area contributed by atoms with E-state index in [0.29, 0.717) is 146 Å². The lowest BCUT2D eigenvalue weighted by Crippen LogP contribution is -2.28. The molecule has 27 heteroatoms. The van der Waals surface area contributed by atoms with Gasteiger partial charge in [0.25, 0.3) is 0 Å². The van der Waals surface area contributed by atoms with Gasteiger partial charge in [0.2, 0.25) is 6.79 Å². The third-order valence-corrected chi connectivity index (χ3v) is 21.1. The number of ether oxygens (including phenoxy) is 14. The number of esters is 8. The van der Waals surface area contributed by atoms with E-state index in [0.717, 1.165) is 128 Å². The van der Waals surface area contributed by atoms with Gasteiger partial charge in [-0.15, -0.1) is 11.3 Å². The zero-order valence-electron chi connectivity index (χ0n) is 71.2. The lowest BCUT2D eigenvalue weighted by molar-refractivity contribution is -0.146. The van der Waals surface area contributed by atoms with Crippen LogP contribution in [0.4, 0.5) is 0 Å². The molecule has 0 saturated heterocycles. The molecule has 0 N–H and O–H groups in total. The van der Waals surface area contributed by atoms with E-state index in [1.807, 2.05) is 60.7 Å². The second-order valence-corrected chi connectivity index (χ2v) is 29.4. The van der Waals surface area contributed by atoms with E-state index in [-0.39, 0.29) is 65.1 Å². The van der Waals surface area contributed by atoms with E-state index in [2.05, 4.69) is 51.8 Å². The van der Waals surface area contributed by atoms with Crippen LogP contribution in [0.5, 0.6) is 46.0 Å². The molecule has 0 unspecified atom stereocenters. The fourth-order valence-corrected chi connectivity index (χ4v) is 13.5. The van der Waals surface area contributed by atoms with Gasteiger partial charge in [-0.05, 0) is 288 Å². The number of rotatable bonds is 40. The molecule has 2 aliphatic rings. The van der Waals surface area contributed by atoms with Gasteiger partial charge in [0.05, 0.1) is 91.0 Å². The summed E-state index contributed by atoms with van der Waals surface area (Å²) in [5.41, 5.74) is 5.55. The van der Waals surface area contributed by atoms with E-state index < -0.39 is 24.7 Å². The van der Waals surface area contributed by atoms with Crippen molar-refractivity contribution in [1.29, 1.82) is 0 Å². The number of thiazole rings is 1. The molecule has 10 rings (SSSR count). The predicted molar refractivity (Wildman–Crippen MR) is 462 cm³/mol. The summed E-state index contributed by atoms with van der Waals surface area (Å²) in [5, 5.41) is 1.59. The van der Waals surface area contributed by atoms with Crippen LogP contribution in [0.2, 0.25) is 0 Å². The fraction of sp³-hybridized carbons (Fsp3) is 0.400. The van der Waals surface area contributed by atoms with E-state index >= 15 is 0 Å². The van der Waals surface area contributed by atoms with Crippen LogP contribution in [-0.2, 0) is 66.8 Å². The maximum atomic E-state index is 13.3. The summed E-state index contributed by atoms with van der Waals surface area (Å²) < 4.78 is 79.0. The highest BCUT2D eigenvalue weighted by atomic mass is 32.1. The van der Waals surface area contributed by atoms with Crippen LogP contribution in [0.3, 0.4) is 0 Å². The number of methoxy groups -OCH3 is 4. The molecule has 2 fully saturated rings. The van der Waals surface area contributed by atoms with Crippen molar-refractivity contribution in [2.45, 2.75) is 150 Å². The van der Waals surface area contributed by atoms with Crippen LogP contribution in [0.1, 0.15) is 167 Å². The van der Waals surface area contributed by atoms with E-state index in [1.54, 1.807) is 95.8 Å². The number of Topliss-reactive ketones (excluding diaryl/α,β-unsaturated/α-hetero) is 2. The van der Waals surface area contributed by atoms with Crippen molar-refractivity contribution in [3.63, 3.8) is 0 Å². The van der Waals surface area contributed by atoms with Gasteiger partial charge >= 0.3 is 47.8 Å². The predicted octanol–water partition coefficient (Wildman–Crippen LogP) is 18.9. The average molecular weight is 1700 g/mol. The minimum absolute atomic E-state index is 0.00774. The highest BCUT2D eigenvalue weighted by Gasteiger charge is 2.33. The molecular formula is C95H113NO25S. The molecule has 654 valence electrons.